The number of halogens is 2. The quantitative estimate of drug-likeness (QED) is 0.570. The summed E-state index contributed by atoms with van der Waals surface area (Å²) in [5.41, 5.74) is 2.37. The van der Waals surface area contributed by atoms with Crippen molar-refractivity contribution >= 4 is 51.8 Å². The highest BCUT2D eigenvalue weighted by atomic mass is 35.5. The van der Waals surface area contributed by atoms with Crippen LogP contribution < -0.4 is 16.0 Å². The van der Waals surface area contributed by atoms with E-state index in [4.69, 9.17) is 23.8 Å². The largest absolute Gasteiger partial charge is 0.339 e. The minimum Gasteiger partial charge on any atom is -0.339 e. The van der Waals surface area contributed by atoms with Gasteiger partial charge in [0, 0.05) is 17.1 Å². The first kappa shape index (κ1) is 17.1. The Kier molecular flexibility index (Phi) is 5.37. The highest BCUT2D eigenvalue weighted by Crippen LogP contribution is 2.18. The predicted octanol–water partition coefficient (Wildman–Crippen LogP) is 4.82. The maximum Gasteiger partial charge on any atom is 0.175 e. The van der Waals surface area contributed by atoms with Crippen LogP contribution in [0.25, 0.3) is 0 Å². The first-order chi connectivity index (χ1) is 12.1. The molecule has 5 nitrogen and oxygen atoms in total. The number of nitrogens with zero attached hydrogens (tertiary/aromatic N) is 2. The van der Waals surface area contributed by atoms with Crippen LogP contribution in [-0.2, 0) is 0 Å². The zero-order chi connectivity index (χ0) is 17.6. The number of thiocarbonyl (C=S) groups is 1. The molecule has 0 aliphatic carbocycles. The lowest BCUT2D eigenvalue weighted by molar-refractivity contribution is 0.628. The van der Waals surface area contributed by atoms with E-state index in [0.29, 0.717) is 21.8 Å². The number of hydrogen-bond acceptors (Lipinski definition) is 4. The van der Waals surface area contributed by atoms with Crippen molar-refractivity contribution in [1.82, 2.24) is 10.2 Å². The van der Waals surface area contributed by atoms with Crippen molar-refractivity contribution in [3.05, 3.63) is 71.6 Å². The van der Waals surface area contributed by atoms with E-state index in [-0.39, 0.29) is 5.82 Å². The third kappa shape index (κ3) is 5.10. The number of nitrogens with one attached hydrogen (secondary N) is 3. The van der Waals surface area contributed by atoms with Crippen molar-refractivity contribution in [2.75, 3.05) is 16.0 Å². The Labute approximate surface area is 154 Å². The van der Waals surface area contributed by atoms with Crippen molar-refractivity contribution in [3.63, 3.8) is 0 Å². The first-order valence-electron chi connectivity index (χ1n) is 7.28. The first-order valence-corrected chi connectivity index (χ1v) is 8.07. The zero-order valence-electron chi connectivity index (χ0n) is 12.8. The second kappa shape index (κ2) is 7.87. The van der Waals surface area contributed by atoms with Crippen molar-refractivity contribution in [2.45, 2.75) is 0 Å². The second-order valence-corrected chi connectivity index (χ2v) is 5.83. The predicted molar refractivity (Wildman–Crippen MR) is 103 cm³/mol. The van der Waals surface area contributed by atoms with E-state index in [1.165, 1.54) is 12.1 Å². The van der Waals surface area contributed by atoms with Crippen LogP contribution in [0, 0.1) is 5.82 Å². The lowest BCUT2D eigenvalue weighted by Gasteiger charge is -2.11. The third-order valence-electron chi connectivity index (χ3n) is 3.15. The van der Waals surface area contributed by atoms with Gasteiger partial charge in [0.15, 0.2) is 16.1 Å². The van der Waals surface area contributed by atoms with Crippen LogP contribution in [0.15, 0.2) is 60.7 Å². The summed E-state index contributed by atoms with van der Waals surface area (Å²) in [5.74, 6) is 0.302. The fraction of sp³-hybridized carbons (Fsp3) is 0. The Morgan fingerprint density at radius 3 is 1.92 bits per heavy atom. The molecule has 0 aliphatic rings. The molecular weight excluding hydrogens is 361 g/mol. The smallest absolute Gasteiger partial charge is 0.175 e. The molecule has 0 unspecified atom stereocenters. The van der Waals surface area contributed by atoms with E-state index >= 15 is 0 Å². The van der Waals surface area contributed by atoms with Gasteiger partial charge in [-0.15, -0.1) is 10.2 Å². The average molecular weight is 374 g/mol. The van der Waals surface area contributed by atoms with Gasteiger partial charge in [0.05, 0.1) is 0 Å². The lowest BCUT2D eigenvalue weighted by Crippen LogP contribution is -2.18. The van der Waals surface area contributed by atoms with E-state index < -0.39 is 0 Å². The molecule has 0 radical (unpaired) electrons. The van der Waals surface area contributed by atoms with Crippen molar-refractivity contribution < 1.29 is 4.39 Å². The van der Waals surface area contributed by atoms with Crippen LogP contribution in [0.1, 0.15) is 0 Å². The molecule has 0 bridgehead atoms. The molecule has 2 aromatic carbocycles. The Morgan fingerprint density at radius 1 is 0.800 bits per heavy atom. The van der Waals surface area contributed by atoms with E-state index in [9.17, 15) is 4.39 Å². The minimum absolute atomic E-state index is 0.294. The van der Waals surface area contributed by atoms with E-state index in [1.807, 2.05) is 24.3 Å². The molecule has 3 rings (SSSR count). The number of aromatic nitrogens is 2. The molecule has 0 amide bonds. The van der Waals surface area contributed by atoms with Gasteiger partial charge in [0.25, 0.3) is 0 Å². The molecule has 0 fully saturated rings. The molecule has 0 saturated heterocycles. The maximum absolute atomic E-state index is 12.9. The van der Waals surface area contributed by atoms with Crippen LogP contribution in [0.3, 0.4) is 0 Å². The lowest BCUT2D eigenvalue weighted by atomic mass is 10.3. The van der Waals surface area contributed by atoms with Gasteiger partial charge in [-0.1, -0.05) is 11.6 Å². The monoisotopic (exact) mass is 373 g/mol. The summed E-state index contributed by atoms with van der Waals surface area (Å²) >= 11 is 10.9. The zero-order valence-corrected chi connectivity index (χ0v) is 14.4. The summed E-state index contributed by atoms with van der Waals surface area (Å²) in [4.78, 5) is 0. The third-order valence-corrected chi connectivity index (χ3v) is 3.55. The molecule has 1 heterocycles. The fourth-order valence-electron chi connectivity index (χ4n) is 1.99. The molecule has 0 atom stereocenters. The van der Waals surface area contributed by atoms with Crippen LogP contribution >= 0.6 is 23.8 Å². The molecule has 126 valence electrons. The Hall–Kier alpha value is -2.77. The summed E-state index contributed by atoms with van der Waals surface area (Å²) in [6.45, 7) is 0. The van der Waals surface area contributed by atoms with E-state index in [2.05, 4.69) is 26.1 Å². The average Bonchev–Trinajstić information content (AvgIpc) is 2.61. The highest BCUT2D eigenvalue weighted by Gasteiger charge is 2.01. The standard InChI is InChI=1S/C17H13ClFN5S/c18-15-9-10-16(24-23-15)20-12-5-7-14(8-6-12)22-17(25)21-13-3-1-11(19)2-4-13/h1-10H,(H,20,24)(H2,21,22,25). The van der Waals surface area contributed by atoms with Crippen LogP contribution in [0.5, 0.6) is 0 Å². The minimum atomic E-state index is -0.294. The van der Waals surface area contributed by atoms with Gasteiger partial charge in [-0.2, -0.15) is 0 Å². The molecule has 25 heavy (non-hydrogen) atoms. The SMILES string of the molecule is Fc1ccc(NC(=S)Nc2ccc(Nc3ccc(Cl)nn3)cc2)cc1. The molecule has 0 spiro atoms. The van der Waals surface area contributed by atoms with Gasteiger partial charge >= 0.3 is 0 Å². The van der Waals surface area contributed by atoms with E-state index in [0.717, 1.165) is 11.4 Å². The molecular formula is C17H13ClFN5S. The topological polar surface area (TPSA) is 61.9 Å². The second-order valence-electron chi connectivity index (χ2n) is 5.03. The van der Waals surface area contributed by atoms with Gasteiger partial charge < -0.3 is 16.0 Å². The van der Waals surface area contributed by atoms with Crippen LogP contribution in [0.2, 0.25) is 5.15 Å². The summed E-state index contributed by atoms with van der Waals surface area (Å²) in [6, 6.07) is 16.8. The molecule has 0 saturated carbocycles. The van der Waals surface area contributed by atoms with Gasteiger partial charge in [-0.3, -0.25) is 0 Å². The summed E-state index contributed by atoms with van der Waals surface area (Å²) in [7, 11) is 0. The van der Waals surface area contributed by atoms with Gasteiger partial charge in [-0.05, 0) is 72.9 Å². The highest BCUT2D eigenvalue weighted by molar-refractivity contribution is 7.80. The number of hydrogen-bond donors (Lipinski definition) is 3. The number of anilines is 4. The van der Waals surface area contributed by atoms with Gasteiger partial charge in [-0.25, -0.2) is 4.39 Å². The Morgan fingerprint density at radius 2 is 1.36 bits per heavy atom. The van der Waals surface area contributed by atoms with Gasteiger partial charge in [0.1, 0.15) is 5.82 Å². The molecule has 3 N–H and O–H groups in total. The molecule has 3 aromatic rings. The Bertz CT molecular complexity index is 854. The van der Waals surface area contributed by atoms with E-state index in [1.54, 1.807) is 24.3 Å². The van der Waals surface area contributed by atoms with Gasteiger partial charge in [0.2, 0.25) is 0 Å². The fourth-order valence-corrected chi connectivity index (χ4v) is 2.33. The molecule has 8 heteroatoms. The summed E-state index contributed by atoms with van der Waals surface area (Å²) in [5, 5.41) is 17.6. The Balaban J connectivity index is 1.57. The number of benzene rings is 2. The van der Waals surface area contributed by atoms with Crippen LogP contribution in [0.4, 0.5) is 27.3 Å². The van der Waals surface area contributed by atoms with Crippen molar-refractivity contribution in [2.24, 2.45) is 0 Å². The molecule has 0 aliphatic heterocycles. The van der Waals surface area contributed by atoms with Crippen molar-refractivity contribution in [3.8, 4) is 0 Å². The number of rotatable bonds is 4. The van der Waals surface area contributed by atoms with Crippen LogP contribution in [-0.4, -0.2) is 15.3 Å². The normalized spacial score (nSPS) is 10.2. The maximum atomic E-state index is 12.9. The summed E-state index contributed by atoms with van der Waals surface area (Å²) < 4.78 is 12.9. The molecule has 1 aromatic heterocycles. The van der Waals surface area contributed by atoms with Crippen molar-refractivity contribution in [1.29, 1.82) is 0 Å². The summed E-state index contributed by atoms with van der Waals surface area (Å²) in [6.07, 6.45) is 0.